The first-order valence-corrected chi connectivity index (χ1v) is 9.17. The average molecular weight is 389 g/mol. The number of carbonyl (C=O) groups excluding carboxylic acids is 4. The molecule has 0 bridgehead atoms. The van der Waals surface area contributed by atoms with Crippen LogP contribution in [0.5, 0.6) is 0 Å². The molecule has 9 heteroatoms. The van der Waals surface area contributed by atoms with Gasteiger partial charge in [-0.15, -0.1) is 0 Å². The minimum absolute atomic E-state index is 0.219. The highest BCUT2D eigenvalue weighted by atomic mass is 16.5. The molecule has 28 heavy (non-hydrogen) atoms. The van der Waals surface area contributed by atoms with Gasteiger partial charge in [-0.25, -0.2) is 0 Å². The van der Waals surface area contributed by atoms with Gasteiger partial charge in [0.05, 0.1) is 13.5 Å². The molecule has 2 aliphatic heterocycles. The Kier molecular flexibility index (Phi) is 6.25. The first-order chi connectivity index (χ1) is 13.5. The normalized spacial score (nSPS) is 21.8. The number of nitrogens with zero attached hydrogens (tertiary/aromatic N) is 1. The van der Waals surface area contributed by atoms with Crippen LogP contribution in [0.4, 0.5) is 5.69 Å². The number of hydrogen-bond acceptors (Lipinski definition) is 6. The lowest BCUT2D eigenvalue weighted by Crippen LogP contribution is -2.57. The van der Waals surface area contributed by atoms with Crippen LogP contribution < -0.4 is 10.6 Å². The van der Waals surface area contributed by atoms with Crippen LogP contribution in [0.15, 0.2) is 24.3 Å². The Balaban J connectivity index is 1.74. The monoisotopic (exact) mass is 389 g/mol. The highest BCUT2D eigenvalue weighted by molar-refractivity contribution is 6.01. The van der Waals surface area contributed by atoms with Crippen LogP contribution in [0.2, 0.25) is 0 Å². The van der Waals surface area contributed by atoms with Crippen molar-refractivity contribution in [2.24, 2.45) is 0 Å². The molecule has 150 valence electrons. The Morgan fingerprint density at radius 3 is 2.89 bits per heavy atom. The van der Waals surface area contributed by atoms with Crippen molar-refractivity contribution in [1.29, 1.82) is 0 Å². The number of piperazine rings is 1. The fourth-order valence-electron chi connectivity index (χ4n) is 3.30. The van der Waals surface area contributed by atoms with E-state index in [0.29, 0.717) is 30.8 Å². The number of rotatable bonds is 5. The number of carbonyl (C=O) groups is 4. The predicted octanol–water partition coefficient (Wildman–Crippen LogP) is 0.308. The van der Waals surface area contributed by atoms with Gasteiger partial charge in [0.1, 0.15) is 12.1 Å². The average Bonchev–Trinajstić information content (AvgIpc) is 3.24. The zero-order chi connectivity index (χ0) is 20.1. The maximum atomic E-state index is 13.0. The highest BCUT2D eigenvalue weighted by Gasteiger charge is 2.35. The van der Waals surface area contributed by atoms with E-state index in [9.17, 15) is 19.2 Å². The summed E-state index contributed by atoms with van der Waals surface area (Å²) in [6.07, 6.45) is 0.816. The molecule has 0 unspecified atom stereocenters. The molecule has 0 saturated carbocycles. The largest absolute Gasteiger partial charge is 0.469 e. The van der Waals surface area contributed by atoms with Crippen molar-refractivity contribution in [2.45, 2.75) is 31.4 Å². The molecule has 3 amide bonds. The van der Waals surface area contributed by atoms with Gasteiger partial charge in [0.15, 0.2) is 0 Å². The third-order valence-corrected chi connectivity index (χ3v) is 4.78. The minimum Gasteiger partial charge on any atom is -0.469 e. The zero-order valence-electron chi connectivity index (χ0n) is 15.6. The molecule has 0 aromatic heterocycles. The van der Waals surface area contributed by atoms with E-state index in [0.717, 1.165) is 6.42 Å². The molecule has 0 spiro atoms. The summed E-state index contributed by atoms with van der Waals surface area (Å²) in [7, 11) is 1.23. The van der Waals surface area contributed by atoms with Crippen LogP contribution in [0.1, 0.15) is 29.6 Å². The molecule has 2 N–H and O–H groups in total. The maximum Gasteiger partial charge on any atom is 0.308 e. The van der Waals surface area contributed by atoms with Gasteiger partial charge in [0.2, 0.25) is 5.91 Å². The quantitative estimate of drug-likeness (QED) is 0.701. The number of methoxy groups -OCH3 is 1. The van der Waals surface area contributed by atoms with Gasteiger partial charge in [0, 0.05) is 30.9 Å². The van der Waals surface area contributed by atoms with Crippen molar-refractivity contribution in [3.05, 3.63) is 29.8 Å². The van der Waals surface area contributed by atoms with E-state index in [1.54, 1.807) is 24.3 Å². The predicted molar refractivity (Wildman–Crippen MR) is 98.5 cm³/mol. The van der Waals surface area contributed by atoms with E-state index < -0.39 is 29.9 Å². The number of hydrogen-bond donors (Lipinski definition) is 2. The van der Waals surface area contributed by atoms with E-state index in [-0.39, 0.29) is 18.9 Å². The molecule has 9 nitrogen and oxygen atoms in total. The number of esters is 1. The SMILES string of the molecule is COC(=O)C[C@H]1C(=O)NCCN1C(=O)c1cccc(NC(=O)[C@H]2CCCO2)c1. The number of nitrogens with one attached hydrogen (secondary N) is 2. The van der Waals surface area contributed by atoms with E-state index in [1.165, 1.54) is 12.0 Å². The minimum atomic E-state index is -0.932. The Morgan fingerprint density at radius 2 is 2.18 bits per heavy atom. The van der Waals surface area contributed by atoms with Gasteiger partial charge in [0.25, 0.3) is 11.8 Å². The molecular weight excluding hydrogens is 366 g/mol. The first kappa shape index (κ1) is 19.8. The number of ether oxygens (including phenoxy) is 2. The lowest BCUT2D eigenvalue weighted by molar-refractivity contribution is -0.145. The van der Waals surface area contributed by atoms with Crippen LogP contribution in [0.25, 0.3) is 0 Å². The maximum absolute atomic E-state index is 13.0. The second kappa shape index (κ2) is 8.83. The molecule has 1 aromatic carbocycles. The van der Waals surface area contributed by atoms with Crippen molar-refractivity contribution >= 4 is 29.4 Å². The van der Waals surface area contributed by atoms with Crippen LogP contribution >= 0.6 is 0 Å². The molecule has 2 saturated heterocycles. The molecule has 3 rings (SSSR count). The zero-order valence-corrected chi connectivity index (χ0v) is 15.6. The van der Waals surface area contributed by atoms with Gasteiger partial charge in [-0.2, -0.15) is 0 Å². The third kappa shape index (κ3) is 4.48. The summed E-state index contributed by atoms with van der Waals surface area (Å²) in [6, 6.07) is 5.55. The van der Waals surface area contributed by atoms with Crippen molar-refractivity contribution in [3.63, 3.8) is 0 Å². The Bertz CT molecular complexity index is 775. The van der Waals surface area contributed by atoms with Crippen molar-refractivity contribution in [1.82, 2.24) is 10.2 Å². The van der Waals surface area contributed by atoms with E-state index in [1.807, 2.05) is 0 Å². The van der Waals surface area contributed by atoms with E-state index >= 15 is 0 Å². The van der Waals surface area contributed by atoms with Crippen LogP contribution in [0, 0.1) is 0 Å². The highest BCUT2D eigenvalue weighted by Crippen LogP contribution is 2.19. The molecule has 2 fully saturated rings. The number of benzene rings is 1. The van der Waals surface area contributed by atoms with Crippen LogP contribution in [-0.2, 0) is 23.9 Å². The lowest BCUT2D eigenvalue weighted by Gasteiger charge is -2.34. The van der Waals surface area contributed by atoms with Gasteiger partial charge in [-0.1, -0.05) is 6.07 Å². The van der Waals surface area contributed by atoms with Gasteiger partial charge in [-0.3, -0.25) is 19.2 Å². The van der Waals surface area contributed by atoms with Crippen LogP contribution in [-0.4, -0.2) is 67.5 Å². The Hall–Kier alpha value is -2.94. The lowest BCUT2D eigenvalue weighted by atomic mass is 10.1. The van der Waals surface area contributed by atoms with Gasteiger partial charge < -0.3 is 25.0 Å². The summed E-state index contributed by atoms with van der Waals surface area (Å²) in [6.45, 7) is 1.14. The second-order valence-electron chi connectivity index (χ2n) is 6.66. The van der Waals surface area contributed by atoms with Gasteiger partial charge >= 0.3 is 5.97 Å². The molecule has 2 aliphatic rings. The molecule has 1 aromatic rings. The molecule has 2 atom stereocenters. The van der Waals surface area contributed by atoms with Crippen molar-refractivity contribution in [3.8, 4) is 0 Å². The first-order valence-electron chi connectivity index (χ1n) is 9.17. The molecule has 0 radical (unpaired) electrons. The summed E-state index contributed by atoms with van der Waals surface area (Å²) in [5.41, 5.74) is 0.784. The molecule has 0 aliphatic carbocycles. The molecule has 2 heterocycles. The molecular formula is C19H23N3O6. The van der Waals surface area contributed by atoms with E-state index in [4.69, 9.17) is 4.74 Å². The van der Waals surface area contributed by atoms with E-state index in [2.05, 4.69) is 15.4 Å². The summed E-state index contributed by atoms with van der Waals surface area (Å²) in [5.74, 6) is -1.61. The summed E-state index contributed by atoms with van der Waals surface area (Å²) in [5, 5.41) is 5.41. The Morgan fingerprint density at radius 1 is 1.36 bits per heavy atom. The summed E-state index contributed by atoms with van der Waals surface area (Å²) in [4.78, 5) is 50.3. The number of amides is 3. The summed E-state index contributed by atoms with van der Waals surface area (Å²) < 4.78 is 9.99. The van der Waals surface area contributed by atoms with Crippen molar-refractivity contribution < 1.29 is 28.7 Å². The number of anilines is 1. The second-order valence-corrected chi connectivity index (χ2v) is 6.66. The standard InChI is InChI=1S/C19H23N3O6/c1-27-16(23)11-14-17(24)20-7-8-22(14)19(26)12-4-2-5-13(10-12)21-18(25)15-6-3-9-28-15/h2,4-5,10,14-15H,3,6-9,11H2,1H3,(H,20,24)(H,21,25)/t14-,15+/m0/s1. The van der Waals surface area contributed by atoms with Crippen molar-refractivity contribution in [2.75, 3.05) is 32.1 Å². The Labute approximate surface area is 162 Å². The summed E-state index contributed by atoms with van der Waals surface area (Å²) >= 11 is 0. The van der Waals surface area contributed by atoms with Gasteiger partial charge in [-0.05, 0) is 31.0 Å². The topological polar surface area (TPSA) is 114 Å². The fourth-order valence-corrected chi connectivity index (χ4v) is 3.30. The third-order valence-electron chi connectivity index (χ3n) is 4.78. The van der Waals surface area contributed by atoms with Crippen LogP contribution in [0.3, 0.4) is 0 Å². The smallest absolute Gasteiger partial charge is 0.308 e. The fraction of sp³-hybridized carbons (Fsp3) is 0.474.